The van der Waals surface area contributed by atoms with E-state index in [1.807, 2.05) is 0 Å². The lowest BCUT2D eigenvalue weighted by Crippen LogP contribution is -2.42. The Kier molecular flexibility index (Phi) is 10.2. The van der Waals surface area contributed by atoms with Crippen LogP contribution in [0, 0.1) is 0 Å². The molecule has 1 atom stereocenters. The predicted octanol–water partition coefficient (Wildman–Crippen LogP) is 9.83. The van der Waals surface area contributed by atoms with Gasteiger partial charge in [-0.05, 0) is 78.2 Å². The summed E-state index contributed by atoms with van der Waals surface area (Å²) in [4.78, 5) is 0. The van der Waals surface area contributed by atoms with E-state index in [-0.39, 0.29) is 43.3 Å². The Labute approximate surface area is 261 Å². The van der Waals surface area contributed by atoms with Crippen LogP contribution in [-0.4, -0.2) is 17.4 Å². The van der Waals surface area contributed by atoms with Gasteiger partial charge in [0.2, 0.25) is 0 Å². The SMILES string of the molecule is CC(OB(O)O)(c1cc(C(F)(F)F)ccc1C(F)(F)F)C(c1cc(C(F)(F)F)cc(C(F)(F)F)c1)c1cc(C(F)(F)F)cc(C(F)(F)F)c1. The topological polar surface area (TPSA) is 49.7 Å². The number of rotatable bonds is 6. The van der Waals surface area contributed by atoms with E-state index < -0.39 is 124 Å². The third-order valence-electron chi connectivity index (χ3n) is 6.97. The van der Waals surface area contributed by atoms with Gasteiger partial charge in [-0.2, -0.15) is 79.0 Å². The fourth-order valence-corrected chi connectivity index (χ4v) is 5.00. The standard InChI is InChI=1S/C27H15BF18O3/c1-21(49-28(47)48,19-10-13(22(29,30)31)2-3-18(19)27(44,45)46)20(11-4-14(23(32,33)34)8-15(5-11)24(35,36)37)12-6-16(25(38,39)40)9-17(7-12)26(41,42)43/h2-10,20,47-48H,1H3. The predicted molar refractivity (Wildman–Crippen MR) is 130 cm³/mol. The molecule has 0 amide bonds. The summed E-state index contributed by atoms with van der Waals surface area (Å²) in [5, 5.41) is 19.3. The third kappa shape index (κ3) is 8.93. The van der Waals surface area contributed by atoms with E-state index >= 15 is 0 Å². The van der Waals surface area contributed by atoms with Crippen LogP contribution in [0.5, 0.6) is 0 Å². The monoisotopic (exact) mass is 740 g/mol. The van der Waals surface area contributed by atoms with E-state index in [1.165, 1.54) is 0 Å². The minimum Gasteiger partial charge on any atom is -0.402 e. The molecule has 1 unspecified atom stereocenters. The van der Waals surface area contributed by atoms with Gasteiger partial charge in [0.05, 0.1) is 39.0 Å². The summed E-state index contributed by atoms with van der Waals surface area (Å²) in [6.45, 7) is 0.0862. The average Bonchev–Trinajstić information content (AvgIpc) is 2.89. The van der Waals surface area contributed by atoms with Crippen molar-refractivity contribution in [1.82, 2.24) is 0 Å². The molecule has 0 aliphatic rings. The first-order valence-electron chi connectivity index (χ1n) is 12.7. The van der Waals surface area contributed by atoms with E-state index in [0.717, 1.165) is 0 Å². The number of benzene rings is 3. The lowest BCUT2D eigenvalue weighted by atomic mass is 9.71. The van der Waals surface area contributed by atoms with E-state index in [0.29, 0.717) is 0 Å². The van der Waals surface area contributed by atoms with Crippen LogP contribution in [0.25, 0.3) is 0 Å². The van der Waals surface area contributed by atoms with Crippen LogP contribution in [-0.2, 0) is 47.3 Å². The minimum atomic E-state index is -5.83. The fourth-order valence-electron chi connectivity index (χ4n) is 5.00. The maximum absolute atomic E-state index is 14.2. The summed E-state index contributed by atoms with van der Waals surface area (Å²) in [5.74, 6) is -3.26. The second kappa shape index (κ2) is 12.6. The van der Waals surface area contributed by atoms with Crippen molar-refractivity contribution in [2.45, 2.75) is 55.5 Å². The summed E-state index contributed by atoms with van der Waals surface area (Å²) in [6.07, 6.45) is -34.6. The highest BCUT2D eigenvalue weighted by atomic mass is 19.4. The highest BCUT2D eigenvalue weighted by molar-refractivity contribution is 6.32. The Morgan fingerprint density at radius 3 is 1.04 bits per heavy atom. The molecule has 0 spiro atoms. The zero-order valence-corrected chi connectivity index (χ0v) is 23.5. The maximum Gasteiger partial charge on any atom is 0.634 e. The van der Waals surface area contributed by atoms with Crippen LogP contribution < -0.4 is 0 Å². The maximum atomic E-state index is 14.2. The van der Waals surface area contributed by atoms with Crippen molar-refractivity contribution in [2.24, 2.45) is 0 Å². The highest BCUT2D eigenvalue weighted by Crippen LogP contribution is 2.52. The van der Waals surface area contributed by atoms with Gasteiger partial charge in [0, 0.05) is 5.92 Å². The number of alkyl halides is 18. The van der Waals surface area contributed by atoms with Gasteiger partial charge < -0.3 is 14.7 Å². The molecule has 0 heterocycles. The second-order valence-corrected chi connectivity index (χ2v) is 10.4. The smallest absolute Gasteiger partial charge is 0.402 e. The molecule has 0 aliphatic heterocycles. The van der Waals surface area contributed by atoms with Crippen LogP contribution in [0.2, 0.25) is 0 Å². The van der Waals surface area contributed by atoms with Crippen molar-refractivity contribution in [3.05, 3.63) is 105 Å². The van der Waals surface area contributed by atoms with E-state index in [1.54, 1.807) is 0 Å². The molecule has 3 rings (SSSR count). The Morgan fingerprint density at radius 2 is 0.776 bits per heavy atom. The van der Waals surface area contributed by atoms with Gasteiger partial charge in [-0.25, -0.2) is 0 Å². The first-order valence-corrected chi connectivity index (χ1v) is 12.7. The van der Waals surface area contributed by atoms with Crippen molar-refractivity contribution in [2.75, 3.05) is 0 Å². The normalized spacial score (nSPS) is 15.1. The largest absolute Gasteiger partial charge is 0.634 e. The molecule has 3 nitrogen and oxygen atoms in total. The summed E-state index contributed by atoms with van der Waals surface area (Å²) < 4.78 is 254. The Balaban J connectivity index is 2.75. The van der Waals surface area contributed by atoms with Crippen molar-refractivity contribution < 1.29 is 93.7 Å². The quantitative estimate of drug-likeness (QED) is 0.196. The van der Waals surface area contributed by atoms with Crippen molar-refractivity contribution in [3.8, 4) is 0 Å². The van der Waals surface area contributed by atoms with E-state index in [9.17, 15) is 89.1 Å². The van der Waals surface area contributed by atoms with Crippen LogP contribution in [0.3, 0.4) is 0 Å². The van der Waals surface area contributed by atoms with Crippen LogP contribution in [0.15, 0.2) is 54.6 Å². The molecule has 270 valence electrons. The molecule has 0 aromatic heterocycles. The lowest BCUT2D eigenvalue weighted by Gasteiger charge is -2.41. The number of hydrogen-bond acceptors (Lipinski definition) is 3. The summed E-state index contributed by atoms with van der Waals surface area (Å²) in [7, 11) is -3.52. The molecule has 49 heavy (non-hydrogen) atoms. The number of halogens is 18. The Bertz CT molecular complexity index is 1530. The van der Waals surface area contributed by atoms with Crippen molar-refractivity contribution in [1.29, 1.82) is 0 Å². The first kappa shape index (κ1) is 39.8. The molecule has 0 bridgehead atoms. The van der Waals surface area contributed by atoms with Crippen molar-refractivity contribution >= 4 is 7.32 Å². The van der Waals surface area contributed by atoms with Gasteiger partial charge in [-0.3, -0.25) is 0 Å². The molecular formula is C27H15BF18O3. The van der Waals surface area contributed by atoms with Gasteiger partial charge in [-0.15, -0.1) is 0 Å². The molecule has 3 aromatic carbocycles. The fraction of sp³-hybridized carbons (Fsp3) is 0.333. The van der Waals surface area contributed by atoms with Gasteiger partial charge >= 0.3 is 44.4 Å². The molecule has 3 aromatic rings. The average molecular weight is 740 g/mol. The summed E-state index contributed by atoms with van der Waals surface area (Å²) in [5.41, 5.74) is -22.9. The second-order valence-electron chi connectivity index (χ2n) is 10.4. The van der Waals surface area contributed by atoms with E-state index in [2.05, 4.69) is 4.65 Å². The lowest BCUT2D eigenvalue weighted by molar-refractivity contribution is -0.144. The zero-order chi connectivity index (χ0) is 37.9. The van der Waals surface area contributed by atoms with Crippen LogP contribution in [0.1, 0.15) is 62.9 Å². The number of hydrogen-bond donors (Lipinski definition) is 2. The highest BCUT2D eigenvalue weighted by Gasteiger charge is 2.51. The molecule has 0 radical (unpaired) electrons. The molecule has 0 aliphatic carbocycles. The third-order valence-corrected chi connectivity index (χ3v) is 6.97. The minimum absolute atomic E-state index is 0.0862. The molecule has 2 N–H and O–H groups in total. The van der Waals surface area contributed by atoms with Crippen LogP contribution in [0.4, 0.5) is 79.0 Å². The first-order chi connectivity index (χ1) is 21.8. The van der Waals surface area contributed by atoms with Gasteiger partial charge in [-0.1, -0.05) is 0 Å². The molecule has 0 saturated heterocycles. The Hall–Kier alpha value is -3.66. The van der Waals surface area contributed by atoms with E-state index in [4.69, 9.17) is 0 Å². The zero-order valence-electron chi connectivity index (χ0n) is 23.5. The Morgan fingerprint density at radius 1 is 0.449 bits per heavy atom. The van der Waals surface area contributed by atoms with Gasteiger partial charge in [0.1, 0.15) is 0 Å². The molecule has 0 saturated carbocycles. The van der Waals surface area contributed by atoms with Gasteiger partial charge in [0.15, 0.2) is 0 Å². The van der Waals surface area contributed by atoms with Crippen molar-refractivity contribution in [3.63, 3.8) is 0 Å². The molecule has 22 heteroatoms. The summed E-state index contributed by atoms with van der Waals surface area (Å²) in [6, 6.07) is -3.57. The molecular weight excluding hydrogens is 725 g/mol. The molecule has 0 fully saturated rings. The van der Waals surface area contributed by atoms with Crippen LogP contribution >= 0.6 is 0 Å². The van der Waals surface area contributed by atoms with Gasteiger partial charge in [0.25, 0.3) is 0 Å². The summed E-state index contributed by atoms with van der Waals surface area (Å²) >= 11 is 0.